The van der Waals surface area contributed by atoms with Crippen molar-refractivity contribution in [1.82, 2.24) is 9.80 Å². The van der Waals surface area contributed by atoms with Crippen molar-refractivity contribution in [2.24, 2.45) is 0 Å². The first-order valence-electron chi connectivity index (χ1n) is 4.97. The molecule has 0 amide bonds. The van der Waals surface area contributed by atoms with Gasteiger partial charge >= 0.3 is 49.4 Å². The molecule has 0 fully saturated rings. The molecule has 23 heavy (non-hydrogen) atoms. The van der Waals surface area contributed by atoms with E-state index in [4.69, 9.17) is 51.2 Å². The van der Waals surface area contributed by atoms with Gasteiger partial charge in [-0.2, -0.15) is 5.26 Å². The molecule has 1 aliphatic heterocycles. The van der Waals surface area contributed by atoms with Gasteiger partial charge in [0.15, 0.2) is 0 Å². The maximum atomic E-state index is 8.28. The third kappa shape index (κ3) is 53.5. The fraction of sp³-hybridized carbons (Fsp3) is 0.571. The van der Waals surface area contributed by atoms with Crippen molar-refractivity contribution in [2.45, 2.75) is 6.42 Å². The molecule has 0 aromatic heterocycles. The Morgan fingerprint density at radius 3 is 1.57 bits per heavy atom. The number of hydrogen-bond acceptors (Lipinski definition) is 12. The van der Waals surface area contributed by atoms with Crippen LogP contribution in [0.15, 0.2) is 12.4 Å². The van der Waals surface area contributed by atoms with Crippen molar-refractivity contribution in [3.8, 4) is 6.07 Å². The fourth-order valence-electron chi connectivity index (χ4n) is 0.928. The van der Waals surface area contributed by atoms with E-state index in [0.717, 1.165) is 13.2 Å². The SMILES string of the molecule is CN1C=CN(CCC#N)C1.O=[N+]([O-])[O-].O=[N+]([O-])[O-].O=[N+]([O-])[O-].[Eu+3]. The minimum absolute atomic E-state index is 0. The molecule has 16 heteroatoms. The first-order chi connectivity index (χ1) is 10.0. The van der Waals surface area contributed by atoms with Crippen LogP contribution >= 0.6 is 0 Å². The summed E-state index contributed by atoms with van der Waals surface area (Å²) < 4.78 is 0. The van der Waals surface area contributed by atoms with Gasteiger partial charge in [-0.05, 0) is 0 Å². The molecule has 0 aromatic rings. The Bertz CT molecular complexity index is 373. The molecule has 0 saturated heterocycles. The zero-order valence-corrected chi connectivity index (χ0v) is 13.9. The van der Waals surface area contributed by atoms with Gasteiger partial charge in [0, 0.05) is 26.0 Å². The molecule has 1 heterocycles. The quantitative estimate of drug-likeness (QED) is 0.375. The normalized spacial score (nSPS) is 10.1. The number of nitrogens with zero attached hydrogens (tertiary/aromatic N) is 6. The van der Waals surface area contributed by atoms with Crippen LogP contribution in [0.4, 0.5) is 0 Å². The minimum atomic E-state index is -1.75. The average molecular weight is 475 g/mol. The zero-order valence-electron chi connectivity index (χ0n) is 11.5. The molecule has 15 nitrogen and oxygen atoms in total. The topological polar surface area (TPSA) is 229 Å². The Morgan fingerprint density at radius 1 is 1.00 bits per heavy atom. The average Bonchev–Trinajstić information content (AvgIpc) is 2.70. The summed E-state index contributed by atoms with van der Waals surface area (Å²) in [5.74, 6) is 0. The van der Waals surface area contributed by atoms with Crippen LogP contribution in [0.2, 0.25) is 0 Å². The summed E-state index contributed by atoms with van der Waals surface area (Å²) >= 11 is 0. The summed E-state index contributed by atoms with van der Waals surface area (Å²) in [4.78, 5) is 28.9. The van der Waals surface area contributed by atoms with Crippen LogP contribution in [0.3, 0.4) is 0 Å². The van der Waals surface area contributed by atoms with E-state index < -0.39 is 15.3 Å². The Labute approximate surface area is 169 Å². The van der Waals surface area contributed by atoms with Crippen molar-refractivity contribution in [2.75, 3.05) is 20.3 Å². The molecule has 0 aromatic carbocycles. The van der Waals surface area contributed by atoms with Gasteiger partial charge in [-0.15, -0.1) is 0 Å². The predicted molar refractivity (Wildman–Crippen MR) is 69.8 cm³/mol. The monoisotopic (exact) mass is 476 g/mol. The summed E-state index contributed by atoms with van der Waals surface area (Å²) in [6.07, 6.45) is 4.63. The Balaban J connectivity index is -0.000000118. The molecule has 0 unspecified atom stereocenters. The van der Waals surface area contributed by atoms with E-state index in [1.165, 1.54) is 0 Å². The first kappa shape index (κ1) is 29.1. The van der Waals surface area contributed by atoms with E-state index in [2.05, 4.69) is 15.9 Å². The van der Waals surface area contributed by atoms with Crippen LogP contribution in [0.5, 0.6) is 0 Å². The summed E-state index contributed by atoms with van der Waals surface area (Å²) in [5.41, 5.74) is 0. The van der Waals surface area contributed by atoms with E-state index >= 15 is 0 Å². The molecule has 1 aliphatic rings. The Hall–Kier alpha value is -1.99. The van der Waals surface area contributed by atoms with Crippen LogP contribution in [0, 0.1) is 107 Å². The third-order valence-electron chi connectivity index (χ3n) is 1.45. The van der Waals surface area contributed by atoms with Gasteiger partial charge < -0.3 is 55.8 Å². The molecule has 0 N–H and O–H groups in total. The van der Waals surface area contributed by atoms with Crippen LogP contribution in [0.1, 0.15) is 6.42 Å². The van der Waals surface area contributed by atoms with Crippen LogP contribution in [-0.4, -0.2) is 45.3 Å². The van der Waals surface area contributed by atoms with E-state index in [-0.39, 0.29) is 49.4 Å². The Morgan fingerprint density at radius 2 is 1.35 bits per heavy atom. The molecular formula is C7H11EuN6O9. The fourth-order valence-corrected chi connectivity index (χ4v) is 0.928. The van der Waals surface area contributed by atoms with E-state index in [1.54, 1.807) is 0 Å². The molecule has 0 spiro atoms. The van der Waals surface area contributed by atoms with Crippen molar-refractivity contribution in [3.63, 3.8) is 0 Å². The van der Waals surface area contributed by atoms with Crippen LogP contribution in [-0.2, 0) is 0 Å². The van der Waals surface area contributed by atoms with Crippen molar-refractivity contribution < 1.29 is 64.6 Å². The molecule has 130 valence electrons. The molecule has 0 saturated carbocycles. The summed E-state index contributed by atoms with van der Waals surface area (Å²) in [6.45, 7) is 1.76. The maximum Gasteiger partial charge on any atom is 3.00 e. The second-order valence-electron chi connectivity index (χ2n) is 3.09. The smallest absolute Gasteiger partial charge is 0.362 e. The van der Waals surface area contributed by atoms with Gasteiger partial charge in [0.2, 0.25) is 0 Å². The number of nitriles is 1. The van der Waals surface area contributed by atoms with Gasteiger partial charge in [0.05, 0.1) is 34.4 Å². The second-order valence-corrected chi connectivity index (χ2v) is 3.09. The standard InChI is InChI=1S/C7H11N3.Eu.3NO3/c1-9-5-6-10(7-9)4-2-3-8;;3*2-1(3)4/h5-6H,2,4,7H2,1H3;;;;/q;+3;3*-1. The van der Waals surface area contributed by atoms with Gasteiger partial charge in [-0.1, -0.05) is 0 Å². The second kappa shape index (κ2) is 20.0. The molecule has 1 rings (SSSR count). The summed E-state index contributed by atoms with van der Waals surface area (Å²) in [7, 11) is 2.02. The van der Waals surface area contributed by atoms with Crippen molar-refractivity contribution >= 4 is 0 Å². The molecule has 0 bridgehead atoms. The van der Waals surface area contributed by atoms with Crippen molar-refractivity contribution in [1.29, 1.82) is 5.26 Å². The molecule has 0 aliphatic carbocycles. The molecule has 0 radical (unpaired) electrons. The van der Waals surface area contributed by atoms with Gasteiger partial charge in [-0.3, -0.25) is 0 Å². The first-order valence-corrected chi connectivity index (χ1v) is 4.97. The number of hydrogen-bond donors (Lipinski definition) is 0. The third-order valence-corrected chi connectivity index (χ3v) is 1.45. The summed E-state index contributed by atoms with van der Waals surface area (Å²) in [5, 5.41) is 52.5. The molecular weight excluding hydrogens is 464 g/mol. The number of rotatable bonds is 2. The van der Waals surface area contributed by atoms with E-state index in [9.17, 15) is 0 Å². The van der Waals surface area contributed by atoms with E-state index in [0.29, 0.717) is 6.42 Å². The van der Waals surface area contributed by atoms with Crippen molar-refractivity contribution in [3.05, 3.63) is 58.4 Å². The van der Waals surface area contributed by atoms with Gasteiger partial charge in [0.25, 0.3) is 0 Å². The minimum Gasteiger partial charge on any atom is -0.362 e. The molecule has 0 atom stereocenters. The largest absolute Gasteiger partial charge is 3.00 e. The van der Waals surface area contributed by atoms with Gasteiger partial charge in [-0.25, -0.2) is 0 Å². The predicted octanol–water partition coefficient (Wildman–Crippen LogP) is -0.141. The van der Waals surface area contributed by atoms with Gasteiger partial charge in [0.1, 0.15) is 0 Å². The van der Waals surface area contributed by atoms with Crippen LogP contribution < -0.4 is 0 Å². The Kier molecular flexibility index (Phi) is 25.3. The zero-order chi connectivity index (χ0) is 18.1. The van der Waals surface area contributed by atoms with E-state index in [1.807, 2.05) is 19.4 Å². The maximum absolute atomic E-state index is 8.28. The summed E-state index contributed by atoms with van der Waals surface area (Å²) in [6, 6.07) is 2.12. The van der Waals surface area contributed by atoms with Crippen LogP contribution in [0.25, 0.3) is 0 Å².